The van der Waals surface area contributed by atoms with Crippen molar-refractivity contribution < 1.29 is 9.59 Å². The van der Waals surface area contributed by atoms with Gasteiger partial charge in [-0.25, -0.2) is 0 Å². The monoisotopic (exact) mass is 474 g/mol. The highest BCUT2D eigenvalue weighted by Crippen LogP contribution is 2.37. The fourth-order valence-electron chi connectivity index (χ4n) is 3.73. The fourth-order valence-corrected chi connectivity index (χ4v) is 4.76. The minimum atomic E-state index is -0.410. The van der Waals surface area contributed by atoms with Crippen LogP contribution in [0.4, 0.5) is 11.4 Å². The van der Waals surface area contributed by atoms with Crippen molar-refractivity contribution in [2.45, 2.75) is 57.6 Å². The second-order valence-corrected chi connectivity index (χ2v) is 10.8. The Morgan fingerprint density at radius 3 is 2.18 bits per heavy atom. The highest BCUT2D eigenvalue weighted by molar-refractivity contribution is 8.00. The van der Waals surface area contributed by atoms with Crippen LogP contribution in [-0.2, 0) is 16.0 Å². The number of benzene rings is 3. The lowest BCUT2D eigenvalue weighted by atomic mass is 9.92. The SMILES string of the molecule is CCc1cccc(C)c1NC(=O)C(Sc1ccc(NC(=O)CC(C)(C)C)cc1)c1ccccc1. The minimum Gasteiger partial charge on any atom is -0.326 e. The minimum absolute atomic E-state index is 0.000554. The third-order valence-electron chi connectivity index (χ3n) is 5.41. The Balaban J connectivity index is 1.79. The first-order valence-corrected chi connectivity index (χ1v) is 12.5. The summed E-state index contributed by atoms with van der Waals surface area (Å²) in [5, 5.41) is 5.74. The predicted octanol–water partition coefficient (Wildman–Crippen LogP) is 7.40. The Bertz CT molecular complexity index is 1120. The smallest absolute Gasteiger partial charge is 0.242 e. The van der Waals surface area contributed by atoms with Gasteiger partial charge < -0.3 is 10.6 Å². The van der Waals surface area contributed by atoms with Gasteiger partial charge in [0.2, 0.25) is 11.8 Å². The van der Waals surface area contributed by atoms with E-state index in [1.54, 1.807) is 0 Å². The van der Waals surface area contributed by atoms with Gasteiger partial charge in [-0.05, 0) is 59.7 Å². The van der Waals surface area contributed by atoms with E-state index >= 15 is 0 Å². The Morgan fingerprint density at radius 1 is 0.882 bits per heavy atom. The summed E-state index contributed by atoms with van der Waals surface area (Å²) in [6.07, 6.45) is 1.31. The molecule has 4 nitrogen and oxygen atoms in total. The Hall–Kier alpha value is -3.05. The van der Waals surface area contributed by atoms with E-state index in [2.05, 4.69) is 23.6 Å². The van der Waals surface area contributed by atoms with E-state index in [0.29, 0.717) is 6.42 Å². The molecule has 1 atom stereocenters. The molecule has 0 saturated carbocycles. The molecule has 3 aromatic carbocycles. The number of hydrogen-bond acceptors (Lipinski definition) is 3. The summed E-state index contributed by atoms with van der Waals surface area (Å²) < 4.78 is 0. The molecule has 3 rings (SSSR count). The molecule has 34 heavy (non-hydrogen) atoms. The summed E-state index contributed by atoms with van der Waals surface area (Å²) in [7, 11) is 0. The topological polar surface area (TPSA) is 58.2 Å². The average Bonchev–Trinajstić information content (AvgIpc) is 2.79. The van der Waals surface area contributed by atoms with E-state index in [0.717, 1.165) is 39.4 Å². The van der Waals surface area contributed by atoms with Gasteiger partial charge in [0.1, 0.15) is 5.25 Å². The largest absolute Gasteiger partial charge is 0.326 e. The van der Waals surface area contributed by atoms with Crippen LogP contribution in [0.25, 0.3) is 0 Å². The van der Waals surface area contributed by atoms with Crippen molar-refractivity contribution >= 4 is 35.0 Å². The number of para-hydroxylation sites is 1. The van der Waals surface area contributed by atoms with Crippen LogP contribution < -0.4 is 10.6 Å². The molecule has 5 heteroatoms. The number of hydrogen-bond donors (Lipinski definition) is 2. The fraction of sp³-hybridized carbons (Fsp3) is 0.310. The molecular weight excluding hydrogens is 440 g/mol. The van der Waals surface area contributed by atoms with E-state index in [-0.39, 0.29) is 17.2 Å². The maximum absolute atomic E-state index is 13.5. The Labute approximate surface area is 207 Å². The molecular formula is C29H34N2O2S. The van der Waals surface area contributed by atoms with Crippen LogP contribution in [0.5, 0.6) is 0 Å². The normalized spacial score (nSPS) is 12.1. The van der Waals surface area contributed by atoms with Gasteiger partial charge in [-0.2, -0.15) is 0 Å². The molecule has 0 spiro atoms. The third-order valence-corrected chi connectivity index (χ3v) is 6.68. The van der Waals surface area contributed by atoms with E-state index < -0.39 is 5.25 Å². The Kier molecular flexibility index (Phi) is 8.56. The van der Waals surface area contributed by atoms with Crippen LogP contribution in [-0.4, -0.2) is 11.8 Å². The van der Waals surface area contributed by atoms with E-state index in [1.807, 2.05) is 94.4 Å². The van der Waals surface area contributed by atoms with Crippen molar-refractivity contribution in [1.29, 1.82) is 0 Å². The standard InChI is InChI=1S/C29H34N2O2S/c1-6-21-14-10-11-20(2)26(21)31-28(33)27(22-12-8-7-9-13-22)34-24-17-15-23(16-18-24)30-25(32)19-29(3,4)5/h7-18,27H,6,19H2,1-5H3,(H,30,32)(H,31,33). The predicted molar refractivity (Wildman–Crippen MR) is 143 cm³/mol. The van der Waals surface area contributed by atoms with Crippen LogP contribution >= 0.6 is 11.8 Å². The second kappa shape index (κ2) is 11.4. The highest BCUT2D eigenvalue weighted by atomic mass is 32.2. The van der Waals surface area contributed by atoms with Crippen LogP contribution in [0.1, 0.15) is 56.1 Å². The molecule has 0 saturated heterocycles. The zero-order chi connectivity index (χ0) is 24.7. The molecule has 0 aliphatic rings. The lowest BCUT2D eigenvalue weighted by Crippen LogP contribution is -2.20. The number of nitrogens with one attached hydrogen (secondary N) is 2. The summed E-state index contributed by atoms with van der Waals surface area (Å²) in [6, 6.07) is 23.6. The zero-order valence-electron chi connectivity index (χ0n) is 20.6. The van der Waals surface area contributed by atoms with E-state index in [4.69, 9.17) is 0 Å². The molecule has 3 aromatic rings. The van der Waals surface area contributed by atoms with Crippen LogP contribution in [0.2, 0.25) is 0 Å². The zero-order valence-corrected chi connectivity index (χ0v) is 21.5. The summed E-state index contributed by atoms with van der Waals surface area (Å²) in [5.41, 5.74) is 4.71. The molecule has 0 radical (unpaired) electrons. The average molecular weight is 475 g/mol. The number of rotatable bonds is 8. The van der Waals surface area contributed by atoms with Gasteiger partial charge in [0, 0.05) is 22.7 Å². The maximum Gasteiger partial charge on any atom is 0.242 e. The number of amides is 2. The molecule has 0 aliphatic carbocycles. The molecule has 0 aliphatic heterocycles. The molecule has 178 valence electrons. The highest BCUT2D eigenvalue weighted by Gasteiger charge is 2.23. The van der Waals surface area contributed by atoms with Gasteiger partial charge in [0.15, 0.2) is 0 Å². The molecule has 2 N–H and O–H groups in total. The number of thioether (sulfide) groups is 1. The van der Waals surface area contributed by atoms with Crippen LogP contribution in [0.15, 0.2) is 77.7 Å². The summed E-state index contributed by atoms with van der Waals surface area (Å²) in [4.78, 5) is 26.7. The van der Waals surface area contributed by atoms with Crippen LogP contribution in [0, 0.1) is 12.3 Å². The summed E-state index contributed by atoms with van der Waals surface area (Å²) in [6.45, 7) is 10.2. The quantitative estimate of drug-likeness (QED) is 0.334. The van der Waals surface area contributed by atoms with Crippen molar-refractivity contribution in [2.75, 3.05) is 10.6 Å². The number of anilines is 2. The van der Waals surface area contributed by atoms with Gasteiger partial charge in [-0.1, -0.05) is 76.2 Å². The second-order valence-electron chi connectivity index (χ2n) is 9.67. The van der Waals surface area contributed by atoms with Gasteiger partial charge in [-0.15, -0.1) is 11.8 Å². The van der Waals surface area contributed by atoms with Gasteiger partial charge >= 0.3 is 0 Å². The molecule has 2 amide bonds. The van der Waals surface area contributed by atoms with Crippen molar-refractivity contribution in [1.82, 2.24) is 0 Å². The van der Waals surface area contributed by atoms with E-state index in [9.17, 15) is 9.59 Å². The first-order valence-electron chi connectivity index (χ1n) is 11.7. The van der Waals surface area contributed by atoms with Crippen molar-refractivity contribution in [3.05, 3.63) is 89.5 Å². The molecule has 1 unspecified atom stereocenters. The van der Waals surface area contributed by atoms with Gasteiger partial charge in [0.05, 0.1) is 0 Å². The summed E-state index contributed by atoms with van der Waals surface area (Å²) in [5.74, 6) is -0.0536. The van der Waals surface area contributed by atoms with Crippen LogP contribution in [0.3, 0.4) is 0 Å². The van der Waals surface area contributed by atoms with Gasteiger partial charge in [-0.3, -0.25) is 9.59 Å². The maximum atomic E-state index is 13.5. The van der Waals surface area contributed by atoms with Crippen molar-refractivity contribution in [2.24, 2.45) is 5.41 Å². The van der Waals surface area contributed by atoms with E-state index in [1.165, 1.54) is 11.8 Å². The summed E-state index contributed by atoms with van der Waals surface area (Å²) >= 11 is 1.50. The molecule has 0 heterocycles. The number of aryl methyl sites for hydroxylation is 2. The molecule has 0 aromatic heterocycles. The van der Waals surface area contributed by atoms with Gasteiger partial charge in [0.25, 0.3) is 0 Å². The third kappa shape index (κ3) is 7.22. The molecule has 0 bridgehead atoms. The van der Waals surface area contributed by atoms with Crippen molar-refractivity contribution in [3.8, 4) is 0 Å². The first-order chi connectivity index (χ1) is 16.2. The van der Waals surface area contributed by atoms with Crippen molar-refractivity contribution in [3.63, 3.8) is 0 Å². The molecule has 0 fully saturated rings. The number of carbonyl (C=O) groups excluding carboxylic acids is 2. The Morgan fingerprint density at radius 2 is 1.56 bits per heavy atom. The lowest BCUT2D eigenvalue weighted by Gasteiger charge is -2.20. The number of carbonyl (C=O) groups is 2. The lowest BCUT2D eigenvalue weighted by molar-refractivity contribution is -0.118. The first kappa shape index (κ1) is 25.6.